The van der Waals surface area contributed by atoms with E-state index in [0.717, 1.165) is 46.6 Å². The van der Waals surface area contributed by atoms with E-state index in [1.807, 2.05) is 24.3 Å². The van der Waals surface area contributed by atoms with Crippen LogP contribution >= 0.6 is 0 Å². The van der Waals surface area contributed by atoms with Crippen LogP contribution in [0.5, 0.6) is 11.5 Å². The van der Waals surface area contributed by atoms with Crippen LogP contribution < -0.4 is 15.0 Å². The van der Waals surface area contributed by atoms with Crippen LogP contribution in [0, 0.1) is 13.8 Å². The summed E-state index contributed by atoms with van der Waals surface area (Å²) in [4.78, 5) is 0. The Bertz CT molecular complexity index is 696. The van der Waals surface area contributed by atoms with Crippen molar-refractivity contribution in [3.63, 3.8) is 0 Å². The second-order valence-corrected chi connectivity index (χ2v) is 5.65. The summed E-state index contributed by atoms with van der Waals surface area (Å²) in [6.07, 6.45) is 2.10. The molecular formula is C19H25N2O2+. The van der Waals surface area contributed by atoms with Crippen molar-refractivity contribution in [2.75, 3.05) is 13.7 Å². The third-order valence-electron chi connectivity index (χ3n) is 3.92. The maximum atomic E-state index is 5.87. The molecule has 0 heterocycles. The van der Waals surface area contributed by atoms with Crippen LogP contribution in [0.3, 0.4) is 0 Å². The van der Waals surface area contributed by atoms with Gasteiger partial charge in [-0.05, 0) is 71.9 Å². The molecule has 0 spiro atoms. The Labute approximate surface area is 138 Å². The predicted molar refractivity (Wildman–Crippen MR) is 92.3 cm³/mol. The largest absolute Gasteiger partial charge is 0.497 e. The van der Waals surface area contributed by atoms with Gasteiger partial charge in [-0.15, -0.1) is 0 Å². The molecule has 0 atom stereocenters. The molecule has 0 aliphatic carbocycles. The summed E-state index contributed by atoms with van der Waals surface area (Å²) in [7, 11) is 1.68. The van der Waals surface area contributed by atoms with E-state index in [9.17, 15) is 0 Å². The van der Waals surface area contributed by atoms with Gasteiger partial charge in [0.1, 0.15) is 5.75 Å². The smallest absolute Gasteiger partial charge is 0.172 e. The van der Waals surface area contributed by atoms with Gasteiger partial charge in [-0.3, -0.25) is 0 Å². The zero-order chi connectivity index (χ0) is 16.8. The van der Waals surface area contributed by atoms with Gasteiger partial charge in [0.05, 0.1) is 13.7 Å². The Balaban J connectivity index is 2.45. The van der Waals surface area contributed by atoms with Crippen LogP contribution in [0.25, 0.3) is 11.1 Å². The molecule has 0 amide bonds. The van der Waals surface area contributed by atoms with Crippen molar-refractivity contribution in [2.24, 2.45) is 5.11 Å². The average molecular weight is 313 g/mol. The molecule has 0 fully saturated rings. The van der Waals surface area contributed by atoms with Crippen molar-refractivity contribution in [3.8, 4) is 22.6 Å². The minimum atomic E-state index is 0.670. The summed E-state index contributed by atoms with van der Waals surface area (Å²) in [6, 6.07) is 10.1. The molecule has 0 saturated heterocycles. The summed E-state index contributed by atoms with van der Waals surface area (Å²) in [6.45, 7) is 6.95. The summed E-state index contributed by atoms with van der Waals surface area (Å²) in [5, 5.41) is 3.85. The van der Waals surface area contributed by atoms with E-state index in [4.69, 9.17) is 15.0 Å². The van der Waals surface area contributed by atoms with Crippen molar-refractivity contribution >= 4 is 5.69 Å². The molecule has 2 aromatic rings. The molecule has 23 heavy (non-hydrogen) atoms. The maximum absolute atomic E-state index is 5.87. The molecule has 2 N–H and O–H groups in total. The molecule has 0 aliphatic rings. The van der Waals surface area contributed by atoms with Crippen molar-refractivity contribution in [1.82, 2.24) is 0 Å². The first kappa shape index (κ1) is 17.0. The Kier molecular flexibility index (Phi) is 5.74. The minimum Gasteiger partial charge on any atom is -0.497 e. The highest BCUT2D eigenvalue weighted by molar-refractivity contribution is 5.75. The van der Waals surface area contributed by atoms with Crippen molar-refractivity contribution in [1.29, 1.82) is 0 Å². The molecule has 0 unspecified atom stereocenters. The normalized spacial score (nSPS) is 10.4. The van der Waals surface area contributed by atoms with E-state index in [2.05, 4.69) is 32.0 Å². The monoisotopic (exact) mass is 313 g/mol. The Morgan fingerprint density at radius 2 is 1.78 bits per heavy atom. The van der Waals surface area contributed by atoms with E-state index in [1.165, 1.54) is 0 Å². The van der Waals surface area contributed by atoms with Crippen LogP contribution in [0.1, 0.15) is 30.9 Å². The van der Waals surface area contributed by atoms with E-state index < -0.39 is 0 Å². The number of hydrogen-bond donors (Lipinski definition) is 1. The van der Waals surface area contributed by atoms with Gasteiger partial charge in [-0.1, -0.05) is 19.4 Å². The first-order valence-corrected chi connectivity index (χ1v) is 7.94. The van der Waals surface area contributed by atoms with Crippen LogP contribution in [0.15, 0.2) is 35.4 Å². The third kappa shape index (κ3) is 3.89. The fraction of sp³-hybridized carbons (Fsp3) is 0.368. The summed E-state index contributed by atoms with van der Waals surface area (Å²) >= 11 is 0. The van der Waals surface area contributed by atoms with Crippen LogP contribution in [0.4, 0.5) is 5.69 Å². The highest BCUT2D eigenvalue weighted by Crippen LogP contribution is 2.37. The highest BCUT2D eigenvalue weighted by Gasteiger charge is 2.13. The lowest BCUT2D eigenvalue weighted by molar-refractivity contribution is -0.210. The van der Waals surface area contributed by atoms with E-state index in [0.29, 0.717) is 12.3 Å². The van der Waals surface area contributed by atoms with E-state index in [1.54, 1.807) is 7.11 Å². The van der Waals surface area contributed by atoms with Gasteiger partial charge in [0.2, 0.25) is 0 Å². The molecule has 0 bridgehead atoms. The number of nitrogens with zero attached hydrogens (tertiary/aromatic N) is 1. The Morgan fingerprint density at radius 1 is 1.04 bits per heavy atom. The molecule has 2 rings (SSSR count). The lowest BCUT2D eigenvalue weighted by Crippen LogP contribution is -2.22. The number of unbranched alkanes of at least 4 members (excludes halogenated alkanes) is 1. The molecule has 0 saturated carbocycles. The van der Waals surface area contributed by atoms with Gasteiger partial charge >= 0.3 is 0 Å². The fourth-order valence-corrected chi connectivity index (χ4v) is 2.57. The van der Waals surface area contributed by atoms with Crippen molar-refractivity contribution in [3.05, 3.63) is 41.5 Å². The second-order valence-electron chi connectivity index (χ2n) is 5.65. The minimum absolute atomic E-state index is 0.670. The number of aryl methyl sites for hydroxylation is 2. The molecule has 4 nitrogen and oxygen atoms in total. The molecule has 0 radical (unpaired) electrons. The zero-order valence-corrected chi connectivity index (χ0v) is 14.3. The molecule has 2 aromatic carbocycles. The van der Waals surface area contributed by atoms with Gasteiger partial charge < -0.3 is 9.47 Å². The second kappa shape index (κ2) is 7.77. The van der Waals surface area contributed by atoms with Crippen molar-refractivity contribution < 1.29 is 15.0 Å². The molecule has 122 valence electrons. The molecule has 0 aromatic heterocycles. The number of ether oxygens (including phenoxy) is 2. The van der Waals surface area contributed by atoms with E-state index >= 15 is 0 Å². The maximum Gasteiger partial charge on any atom is 0.172 e. The Hall–Kier alpha value is -2.36. The zero-order valence-electron chi connectivity index (χ0n) is 14.3. The standard InChI is InChI=1S/C19H24N2O2/c1-5-6-9-23-19-12-17(14(3)11-18(19)21-20)16-8-7-15(22-4)10-13(16)2/h7-8,10-12,20H,5-6,9H2,1-4H3/p+1. The average Bonchev–Trinajstić information content (AvgIpc) is 2.56. The predicted octanol–water partition coefficient (Wildman–Crippen LogP) is 4.00. The summed E-state index contributed by atoms with van der Waals surface area (Å²) < 4.78 is 11.2. The number of nitrogens with two attached hydrogens (primary N) is 1. The van der Waals surface area contributed by atoms with Gasteiger partial charge in [0, 0.05) is 0 Å². The first-order valence-electron chi connectivity index (χ1n) is 7.94. The van der Waals surface area contributed by atoms with Crippen LogP contribution in [-0.2, 0) is 0 Å². The fourth-order valence-electron chi connectivity index (χ4n) is 2.57. The lowest BCUT2D eigenvalue weighted by atomic mass is 9.95. The highest BCUT2D eigenvalue weighted by atomic mass is 16.5. The van der Waals surface area contributed by atoms with Crippen LogP contribution in [0.2, 0.25) is 0 Å². The van der Waals surface area contributed by atoms with Crippen molar-refractivity contribution in [2.45, 2.75) is 33.6 Å². The quantitative estimate of drug-likeness (QED) is 0.620. The molecule has 4 heteroatoms. The van der Waals surface area contributed by atoms with Crippen LogP contribution in [-0.4, -0.2) is 13.7 Å². The van der Waals surface area contributed by atoms with Gasteiger partial charge in [0.15, 0.2) is 11.4 Å². The SMILES string of the molecule is CCCCOc1cc(-c2ccc(OC)cc2C)c(C)cc1N=[NH2+]. The van der Waals surface area contributed by atoms with Gasteiger partial charge in [-0.25, -0.2) is 0 Å². The topological polar surface area (TPSA) is 56.4 Å². The lowest BCUT2D eigenvalue weighted by Gasteiger charge is -2.14. The molecule has 0 aliphatic heterocycles. The Morgan fingerprint density at radius 3 is 2.39 bits per heavy atom. The van der Waals surface area contributed by atoms with Gasteiger partial charge in [0.25, 0.3) is 0 Å². The number of methoxy groups -OCH3 is 1. The first-order chi connectivity index (χ1) is 11.1. The third-order valence-corrected chi connectivity index (χ3v) is 3.92. The molecular weight excluding hydrogens is 288 g/mol. The summed E-state index contributed by atoms with van der Waals surface area (Å²) in [5.41, 5.74) is 10.8. The number of hydrogen-bond acceptors (Lipinski definition) is 3. The number of rotatable bonds is 7. The number of benzene rings is 2. The van der Waals surface area contributed by atoms with E-state index in [-0.39, 0.29) is 0 Å². The van der Waals surface area contributed by atoms with Gasteiger partial charge in [-0.2, -0.15) is 5.53 Å². The summed E-state index contributed by atoms with van der Waals surface area (Å²) in [5.74, 6) is 1.59.